The predicted molar refractivity (Wildman–Crippen MR) is 151 cm³/mol. The number of benzene rings is 3. The number of hydrogen-bond donors (Lipinski definition) is 2. The first kappa shape index (κ1) is 28.2. The number of amides is 1. The van der Waals surface area contributed by atoms with Crippen LogP contribution >= 0.6 is 34.8 Å². The van der Waals surface area contributed by atoms with Gasteiger partial charge in [-0.15, -0.1) is 0 Å². The Morgan fingerprint density at radius 3 is 2.39 bits per heavy atom. The van der Waals surface area contributed by atoms with E-state index in [2.05, 4.69) is 10.6 Å². The summed E-state index contributed by atoms with van der Waals surface area (Å²) in [6.45, 7) is 2.34. The second-order valence-corrected chi connectivity index (χ2v) is 9.98. The Bertz CT molecular complexity index is 1280. The van der Waals surface area contributed by atoms with Crippen molar-refractivity contribution in [3.05, 3.63) is 98.2 Å². The van der Waals surface area contributed by atoms with E-state index in [9.17, 15) is 9.18 Å². The first-order chi connectivity index (χ1) is 18.4. The van der Waals surface area contributed by atoms with Gasteiger partial charge in [0.15, 0.2) is 5.75 Å². The maximum atomic E-state index is 13.3. The molecule has 1 amide bonds. The molecule has 1 aliphatic rings. The largest absolute Gasteiger partial charge is 0.490 e. The van der Waals surface area contributed by atoms with Crippen molar-refractivity contribution in [2.24, 2.45) is 0 Å². The number of hydrogen-bond acceptors (Lipinski definition) is 4. The minimum atomic E-state index is -0.526. The zero-order chi connectivity index (χ0) is 26.9. The van der Waals surface area contributed by atoms with Crippen LogP contribution in [-0.4, -0.2) is 38.8 Å². The average Bonchev–Trinajstić information content (AvgIpc) is 2.91. The Balaban J connectivity index is 1.29. The van der Waals surface area contributed by atoms with E-state index in [1.165, 1.54) is 0 Å². The van der Waals surface area contributed by atoms with Crippen molar-refractivity contribution in [2.75, 3.05) is 32.8 Å². The fourth-order valence-electron chi connectivity index (χ4n) is 4.23. The van der Waals surface area contributed by atoms with Crippen molar-refractivity contribution in [2.45, 2.75) is 19.3 Å². The quantitative estimate of drug-likeness (QED) is 0.248. The lowest BCUT2D eigenvalue weighted by molar-refractivity contribution is -0.117. The first-order valence-corrected chi connectivity index (χ1v) is 13.5. The molecule has 0 radical (unpaired) electrons. The van der Waals surface area contributed by atoms with Gasteiger partial charge in [-0.1, -0.05) is 65.1 Å². The van der Waals surface area contributed by atoms with Crippen LogP contribution in [0.1, 0.15) is 24.0 Å². The van der Waals surface area contributed by atoms with E-state index >= 15 is 0 Å². The van der Waals surface area contributed by atoms with Crippen LogP contribution < -0.4 is 20.1 Å². The number of ether oxygens (including phenoxy) is 2. The van der Waals surface area contributed by atoms with Crippen LogP contribution in [0, 0.1) is 5.82 Å². The average molecular weight is 578 g/mol. The third kappa shape index (κ3) is 7.64. The summed E-state index contributed by atoms with van der Waals surface area (Å²) in [6.07, 6.45) is 2.37. The summed E-state index contributed by atoms with van der Waals surface area (Å²) in [5.41, 5.74) is 3.85. The molecule has 9 heteroatoms. The van der Waals surface area contributed by atoms with E-state index in [0.29, 0.717) is 18.8 Å². The van der Waals surface area contributed by atoms with E-state index < -0.39 is 5.82 Å². The van der Waals surface area contributed by atoms with Gasteiger partial charge < -0.3 is 20.1 Å². The lowest BCUT2D eigenvalue weighted by atomic mass is 9.93. The Labute approximate surface area is 236 Å². The SMILES string of the molecule is O=C(NCCCc1ccccc1Cl)C1=C(c2ccc(OCCOc3c(Cl)cc(F)cc3Cl)cc2)CCNC1. The van der Waals surface area contributed by atoms with Crippen molar-refractivity contribution >= 4 is 46.3 Å². The number of halogens is 4. The summed E-state index contributed by atoms with van der Waals surface area (Å²) >= 11 is 18.2. The number of carbonyl (C=O) groups is 1. The van der Waals surface area contributed by atoms with Crippen molar-refractivity contribution in [1.82, 2.24) is 10.6 Å². The monoisotopic (exact) mass is 576 g/mol. The molecule has 1 heterocycles. The summed E-state index contributed by atoms with van der Waals surface area (Å²) in [4.78, 5) is 13.0. The summed E-state index contributed by atoms with van der Waals surface area (Å²) in [5, 5.41) is 7.31. The molecule has 0 unspecified atom stereocenters. The highest BCUT2D eigenvalue weighted by Crippen LogP contribution is 2.33. The second kappa shape index (κ2) is 13.9. The molecule has 0 fully saturated rings. The normalized spacial score (nSPS) is 13.4. The van der Waals surface area contributed by atoms with E-state index in [4.69, 9.17) is 44.3 Å². The smallest absolute Gasteiger partial charge is 0.248 e. The van der Waals surface area contributed by atoms with Gasteiger partial charge in [0.2, 0.25) is 5.91 Å². The standard InChI is InChI=1S/C29H28Cl3FN2O3/c30-25-6-2-1-4-20(25)5-3-12-35-29(36)24-18-34-13-11-23(24)19-7-9-22(10-8-19)37-14-15-38-28-26(31)16-21(33)17-27(28)32/h1-2,4,6-10,16-17,34H,3,5,11-15,18H2,(H,35,36). The van der Waals surface area contributed by atoms with Crippen LogP contribution in [0.3, 0.4) is 0 Å². The van der Waals surface area contributed by atoms with Gasteiger partial charge in [0.1, 0.15) is 24.8 Å². The zero-order valence-corrected chi connectivity index (χ0v) is 22.9. The molecule has 0 aromatic heterocycles. The molecule has 3 aromatic rings. The van der Waals surface area contributed by atoms with Crippen molar-refractivity contribution in [1.29, 1.82) is 0 Å². The Morgan fingerprint density at radius 1 is 0.947 bits per heavy atom. The van der Waals surface area contributed by atoms with Crippen molar-refractivity contribution in [3.8, 4) is 11.5 Å². The summed E-state index contributed by atoms with van der Waals surface area (Å²) in [6, 6.07) is 17.7. The van der Waals surface area contributed by atoms with Crippen molar-refractivity contribution < 1.29 is 18.7 Å². The van der Waals surface area contributed by atoms with E-state index in [1.807, 2.05) is 48.5 Å². The number of rotatable bonds is 11. The molecule has 38 heavy (non-hydrogen) atoms. The van der Waals surface area contributed by atoms with Gasteiger partial charge in [-0.05, 0) is 72.8 Å². The number of aryl methyl sites for hydroxylation is 1. The van der Waals surface area contributed by atoms with Crippen molar-refractivity contribution in [3.63, 3.8) is 0 Å². The molecular weight excluding hydrogens is 550 g/mol. The van der Waals surface area contributed by atoms with E-state index in [-0.39, 0.29) is 34.9 Å². The minimum Gasteiger partial charge on any atom is -0.490 e. The lowest BCUT2D eigenvalue weighted by Gasteiger charge is -2.21. The molecule has 1 aliphatic heterocycles. The van der Waals surface area contributed by atoms with Gasteiger partial charge in [-0.2, -0.15) is 0 Å². The third-order valence-electron chi connectivity index (χ3n) is 6.12. The fourth-order valence-corrected chi connectivity index (χ4v) is 5.03. The highest BCUT2D eigenvalue weighted by molar-refractivity contribution is 6.37. The molecule has 4 rings (SSSR count). The van der Waals surface area contributed by atoms with Crippen LogP contribution in [0.25, 0.3) is 5.57 Å². The van der Waals surface area contributed by atoms with Crippen LogP contribution in [0.5, 0.6) is 11.5 Å². The predicted octanol–water partition coefficient (Wildman–Crippen LogP) is 6.74. The minimum absolute atomic E-state index is 0.0538. The van der Waals surface area contributed by atoms with Crippen LogP contribution in [0.15, 0.2) is 66.2 Å². The highest BCUT2D eigenvalue weighted by atomic mass is 35.5. The number of carbonyl (C=O) groups excluding carboxylic acids is 1. The molecule has 5 nitrogen and oxygen atoms in total. The molecule has 0 spiro atoms. The van der Waals surface area contributed by atoms with Crippen LogP contribution in [0.2, 0.25) is 15.1 Å². The first-order valence-electron chi connectivity index (χ1n) is 12.4. The van der Waals surface area contributed by atoms with Gasteiger partial charge in [0, 0.05) is 23.7 Å². The molecule has 2 N–H and O–H groups in total. The van der Waals surface area contributed by atoms with Gasteiger partial charge in [0.25, 0.3) is 0 Å². The lowest BCUT2D eigenvalue weighted by Crippen LogP contribution is -2.35. The Kier molecular flexibility index (Phi) is 10.3. The molecule has 0 saturated heterocycles. The third-order valence-corrected chi connectivity index (χ3v) is 7.05. The molecule has 0 atom stereocenters. The van der Waals surface area contributed by atoms with Gasteiger partial charge in [-0.3, -0.25) is 4.79 Å². The number of nitrogens with one attached hydrogen (secondary N) is 2. The van der Waals surface area contributed by atoms with Gasteiger partial charge >= 0.3 is 0 Å². The molecule has 0 saturated carbocycles. The molecule has 200 valence electrons. The molecular formula is C29H28Cl3FN2O3. The maximum Gasteiger partial charge on any atom is 0.248 e. The molecule has 0 aliphatic carbocycles. The summed E-state index contributed by atoms with van der Waals surface area (Å²) in [5.74, 6) is 0.304. The highest BCUT2D eigenvalue weighted by Gasteiger charge is 2.20. The fraction of sp³-hybridized carbons (Fsp3) is 0.276. The van der Waals surface area contributed by atoms with E-state index in [1.54, 1.807) is 0 Å². The Hall–Kier alpha value is -2.77. The van der Waals surface area contributed by atoms with Crippen LogP contribution in [-0.2, 0) is 11.2 Å². The topological polar surface area (TPSA) is 59.6 Å². The summed E-state index contributed by atoms with van der Waals surface area (Å²) in [7, 11) is 0. The molecule has 3 aromatic carbocycles. The van der Waals surface area contributed by atoms with Crippen LogP contribution in [0.4, 0.5) is 4.39 Å². The zero-order valence-electron chi connectivity index (χ0n) is 20.7. The Morgan fingerprint density at radius 2 is 1.66 bits per heavy atom. The van der Waals surface area contributed by atoms with Gasteiger partial charge in [-0.25, -0.2) is 4.39 Å². The van der Waals surface area contributed by atoms with Gasteiger partial charge in [0.05, 0.1) is 10.0 Å². The summed E-state index contributed by atoms with van der Waals surface area (Å²) < 4.78 is 24.6. The molecule has 0 bridgehead atoms. The van der Waals surface area contributed by atoms with E-state index in [0.717, 1.165) is 65.2 Å². The second-order valence-electron chi connectivity index (χ2n) is 8.75. The maximum absolute atomic E-state index is 13.3.